The molecule has 0 aliphatic rings. The largest absolute Gasteiger partial charge is 0.465 e. The van der Waals surface area contributed by atoms with Gasteiger partial charge in [-0.1, -0.05) is 0 Å². The van der Waals surface area contributed by atoms with Gasteiger partial charge in [0.1, 0.15) is 0 Å². The maximum absolute atomic E-state index is 13.2. The number of rotatable bonds is 6. The molecule has 2 aromatic carbocycles. The SMILES string of the molecule is COC(=O)c1sccc1Oc1ccc(C(F)(F)F)cc1NS(=O)(=O)c1ccc(C#N)cc1. The average molecular weight is 482 g/mol. The van der Waals surface area contributed by atoms with Gasteiger partial charge in [-0.25, -0.2) is 13.2 Å². The van der Waals surface area contributed by atoms with Gasteiger partial charge in [-0.15, -0.1) is 11.3 Å². The normalized spacial score (nSPS) is 11.5. The van der Waals surface area contributed by atoms with Crippen molar-refractivity contribution in [2.75, 3.05) is 11.8 Å². The molecule has 0 amide bonds. The van der Waals surface area contributed by atoms with E-state index >= 15 is 0 Å². The number of carbonyl (C=O) groups excluding carboxylic acids is 1. The van der Waals surface area contributed by atoms with Crippen LogP contribution in [0.25, 0.3) is 0 Å². The first-order chi connectivity index (χ1) is 15.0. The highest BCUT2D eigenvalue weighted by Crippen LogP contribution is 2.39. The number of benzene rings is 2. The Labute approximate surface area is 184 Å². The molecule has 0 fully saturated rings. The van der Waals surface area contributed by atoms with Gasteiger partial charge in [-0.3, -0.25) is 4.72 Å². The van der Waals surface area contributed by atoms with E-state index < -0.39 is 33.4 Å². The van der Waals surface area contributed by atoms with Gasteiger partial charge in [0.15, 0.2) is 16.4 Å². The molecule has 7 nitrogen and oxygen atoms in total. The van der Waals surface area contributed by atoms with Crippen LogP contribution in [-0.2, 0) is 20.9 Å². The van der Waals surface area contributed by atoms with Crippen LogP contribution in [0.5, 0.6) is 11.5 Å². The molecule has 0 saturated heterocycles. The van der Waals surface area contributed by atoms with Crippen molar-refractivity contribution in [3.8, 4) is 17.6 Å². The van der Waals surface area contributed by atoms with Crippen molar-refractivity contribution >= 4 is 33.0 Å². The molecule has 0 bridgehead atoms. The van der Waals surface area contributed by atoms with Crippen LogP contribution in [0.2, 0.25) is 0 Å². The molecule has 0 unspecified atom stereocenters. The van der Waals surface area contributed by atoms with Crippen molar-refractivity contribution in [1.29, 1.82) is 5.26 Å². The number of nitriles is 1. The van der Waals surface area contributed by atoms with Gasteiger partial charge in [0.2, 0.25) is 0 Å². The highest BCUT2D eigenvalue weighted by Gasteiger charge is 2.32. The smallest absolute Gasteiger partial charge is 0.416 e. The molecule has 1 aromatic heterocycles. The van der Waals surface area contributed by atoms with Gasteiger partial charge >= 0.3 is 12.1 Å². The Morgan fingerprint density at radius 1 is 1.09 bits per heavy atom. The fourth-order valence-electron chi connectivity index (χ4n) is 2.53. The third-order valence-electron chi connectivity index (χ3n) is 4.06. The zero-order valence-electron chi connectivity index (χ0n) is 16.1. The fourth-order valence-corrected chi connectivity index (χ4v) is 4.32. The molecular formula is C20H13F3N2O5S2. The maximum atomic E-state index is 13.2. The molecular weight excluding hydrogens is 469 g/mol. The lowest BCUT2D eigenvalue weighted by Crippen LogP contribution is -2.15. The van der Waals surface area contributed by atoms with E-state index in [1.807, 2.05) is 6.07 Å². The van der Waals surface area contributed by atoms with Gasteiger partial charge in [0.05, 0.1) is 34.9 Å². The summed E-state index contributed by atoms with van der Waals surface area (Å²) in [5.41, 5.74) is -1.40. The summed E-state index contributed by atoms with van der Waals surface area (Å²) < 4.78 is 77.4. The Bertz CT molecular complexity index is 1290. The van der Waals surface area contributed by atoms with Crippen LogP contribution in [0.3, 0.4) is 0 Å². The number of halogens is 3. The van der Waals surface area contributed by atoms with Crippen LogP contribution in [0.4, 0.5) is 18.9 Å². The highest BCUT2D eigenvalue weighted by atomic mass is 32.2. The number of methoxy groups -OCH3 is 1. The summed E-state index contributed by atoms with van der Waals surface area (Å²) in [5, 5.41) is 10.3. The van der Waals surface area contributed by atoms with Gasteiger partial charge in [-0.2, -0.15) is 18.4 Å². The number of alkyl halides is 3. The third-order valence-corrected chi connectivity index (χ3v) is 6.32. The fraction of sp³-hybridized carbons (Fsp3) is 0.100. The predicted octanol–water partition coefficient (Wildman–Crippen LogP) is 5.02. The summed E-state index contributed by atoms with van der Waals surface area (Å²) in [6.45, 7) is 0. The molecule has 3 rings (SSSR count). The van der Waals surface area contributed by atoms with E-state index in [4.69, 9.17) is 10.00 Å². The van der Waals surface area contributed by atoms with E-state index in [2.05, 4.69) is 9.46 Å². The minimum absolute atomic E-state index is 0.0135. The second-order valence-corrected chi connectivity index (χ2v) is 8.76. The minimum atomic E-state index is -4.74. The monoisotopic (exact) mass is 482 g/mol. The maximum Gasteiger partial charge on any atom is 0.416 e. The Kier molecular flexibility index (Phi) is 6.42. The number of sulfonamides is 1. The lowest BCUT2D eigenvalue weighted by atomic mass is 10.2. The first-order valence-electron chi connectivity index (χ1n) is 8.63. The summed E-state index contributed by atoms with van der Waals surface area (Å²) in [6.07, 6.45) is -4.74. The molecule has 0 aliphatic heterocycles. The zero-order chi connectivity index (χ0) is 23.5. The van der Waals surface area contributed by atoms with Crippen molar-refractivity contribution in [1.82, 2.24) is 0 Å². The summed E-state index contributed by atoms with van der Waals surface area (Å²) in [7, 11) is -3.17. The second-order valence-electron chi connectivity index (χ2n) is 6.16. The quantitative estimate of drug-likeness (QED) is 0.495. The third kappa shape index (κ3) is 5.01. The van der Waals surface area contributed by atoms with E-state index in [0.717, 1.165) is 42.7 Å². The molecule has 166 valence electrons. The summed E-state index contributed by atoms with van der Waals surface area (Å²) in [6, 6.07) is 10.3. The van der Waals surface area contributed by atoms with Gasteiger partial charge in [0.25, 0.3) is 10.0 Å². The predicted molar refractivity (Wildman–Crippen MR) is 109 cm³/mol. The van der Waals surface area contributed by atoms with Gasteiger partial charge in [-0.05, 0) is 53.9 Å². The zero-order valence-corrected chi connectivity index (χ0v) is 17.8. The molecule has 3 aromatic rings. The first kappa shape index (κ1) is 23.1. The summed E-state index contributed by atoms with van der Waals surface area (Å²) in [5.74, 6) is -0.999. The number of hydrogen-bond donors (Lipinski definition) is 1. The van der Waals surface area contributed by atoms with Crippen LogP contribution in [0, 0.1) is 11.3 Å². The van der Waals surface area contributed by atoms with E-state index in [9.17, 15) is 26.4 Å². The number of ether oxygens (including phenoxy) is 2. The molecule has 12 heteroatoms. The topological polar surface area (TPSA) is 105 Å². The number of thiophene rings is 1. The van der Waals surface area contributed by atoms with Crippen molar-refractivity contribution in [3.63, 3.8) is 0 Å². The minimum Gasteiger partial charge on any atom is -0.465 e. The Morgan fingerprint density at radius 2 is 1.78 bits per heavy atom. The number of anilines is 1. The molecule has 0 spiro atoms. The Morgan fingerprint density at radius 3 is 2.38 bits per heavy atom. The molecule has 0 aliphatic carbocycles. The summed E-state index contributed by atoms with van der Waals surface area (Å²) >= 11 is 0.984. The number of nitrogens with zero attached hydrogens (tertiary/aromatic N) is 1. The van der Waals surface area contributed by atoms with Crippen LogP contribution in [0.1, 0.15) is 20.8 Å². The number of hydrogen-bond acceptors (Lipinski definition) is 7. The molecule has 1 N–H and O–H groups in total. The van der Waals surface area contributed by atoms with E-state index in [0.29, 0.717) is 6.07 Å². The van der Waals surface area contributed by atoms with Crippen molar-refractivity contribution in [3.05, 3.63) is 69.9 Å². The van der Waals surface area contributed by atoms with Crippen molar-refractivity contribution in [2.24, 2.45) is 0 Å². The standard InChI is InChI=1S/C20H13F3N2O5S2/c1-29-19(26)18-17(8-9-31-18)30-16-7-4-13(20(21,22)23)10-15(16)25-32(27,28)14-5-2-12(11-24)3-6-14/h2-10,25H,1H3. The van der Waals surface area contributed by atoms with E-state index in [1.165, 1.54) is 23.6 Å². The van der Waals surface area contributed by atoms with Crippen LogP contribution in [-0.4, -0.2) is 21.5 Å². The Hall–Kier alpha value is -3.56. The second kappa shape index (κ2) is 8.89. The van der Waals surface area contributed by atoms with Gasteiger partial charge in [0, 0.05) is 0 Å². The Balaban J connectivity index is 2.03. The van der Waals surface area contributed by atoms with Gasteiger partial charge < -0.3 is 9.47 Å². The average Bonchev–Trinajstić information content (AvgIpc) is 3.21. The van der Waals surface area contributed by atoms with Crippen LogP contribution >= 0.6 is 11.3 Å². The van der Waals surface area contributed by atoms with Crippen molar-refractivity contribution in [2.45, 2.75) is 11.1 Å². The number of carbonyl (C=O) groups is 1. The lowest BCUT2D eigenvalue weighted by molar-refractivity contribution is -0.137. The molecule has 1 heterocycles. The van der Waals surface area contributed by atoms with E-state index in [1.54, 1.807) is 0 Å². The van der Waals surface area contributed by atoms with E-state index in [-0.39, 0.29) is 26.8 Å². The molecule has 0 radical (unpaired) electrons. The van der Waals surface area contributed by atoms with Crippen molar-refractivity contribution < 1.29 is 35.9 Å². The molecule has 32 heavy (non-hydrogen) atoms. The first-order valence-corrected chi connectivity index (χ1v) is 11.0. The number of nitrogens with one attached hydrogen (secondary N) is 1. The summed E-state index contributed by atoms with van der Waals surface area (Å²) in [4.78, 5) is 11.6. The molecule has 0 saturated carbocycles. The van der Waals surface area contributed by atoms with Crippen LogP contribution in [0.15, 0.2) is 58.8 Å². The molecule has 0 atom stereocenters. The highest BCUT2D eigenvalue weighted by molar-refractivity contribution is 7.92. The van der Waals surface area contributed by atoms with Crippen LogP contribution < -0.4 is 9.46 Å². The lowest BCUT2D eigenvalue weighted by Gasteiger charge is -2.16. The number of esters is 1.